The van der Waals surface area contributed by atoms with E-state index in [9.17, 15) is 14.3 Å². The first-order valence-electron chi connectivity index (χ1n) is 7.19. The number of anilines is 1. The number of thioether (sulfide) groups is 1. The SMILES string of the molecule is CSc1cccc(F)c1C(=O)Nc1cccc2c1OCC[C@H]2O. The van der Waals surface area contributed by atoms with E-state index in [2.05, 4.69) is 5.32 Å². The number of benzene rings is 2. The number of amides is 1. The third-order valence-electron chi connectivity index (χ3n) is 3.71. The highest BCUT2D eigenvalue weighted by molar-refractivity contribution is 7.98. The Bertz CT molecular complexity index is 751. The molecular formula is C17H16FNO3S. The molecule has 0 spiro atoms. The predicted octanol–water partition coefficient (Wildman–Crippen LogP) is 3.62. The summed E-state index contributed by atoms with van der Waals surface area (Å²) in [6.07, 6.45) is 1.68. The van der Waals surface area contributed by atoms with Crippen LogP contribution in [0.3, 0.4) is 0 Å². The van der Waals surface area contributed by atoms with Crippen LogP contribution in [0.15, 0.2) is 41.3 Å². The lowest BCUT2D eigenvalue weighted by Gasteiger charge is -2.24. The Labute approximate surface area is 137 Å². The molecule has 2 aromatic rings. The van der Waals surface area contributed by atoms with Crippen LogP contribution in [0.2, 0.25) is 0 Å². The van der Waals surface area contributed by atoms with Crippen molar-refractivity contribution in [2.45, 2.75) is 17.4 Å². The van der Waals surface area contributed by atoms with Crippen LogP contribution in [0.1, 0.15) is 28.4 Å². The minimum atomic E-state index is -0.620. The second kappa shape index (κ2) is 6.60. The van der Waals surface area contributed by atoms with E-state index in [1.165, 1.54) is 17.8 Å². The van der Waals surface area contributed by atoms with Gasteiger partial charge in [0.15, 0.2) is 0 Å². The average molecular weight is 333 g/mol. The quantitative estimate of drug-likeness (QED) is 0.843. The molecule has 2 N–H and O–H groups in total. The fourth-order valence-corrected chi connectivity index (χ4v) is 3.19. The van der Waals surface area contributed by atoms with Crippen molar-refractivity contribution >= 4 is 23.4 Å². The van der Waals surface area contributed by atoms with Crippen molar-refractivity contribution in [3.8, 4) is 5.75 Å². The van der Waals surface area contributed by atoms with E-state index in [-0.39, 0.29) is 5.56 Å². The van der Waals surface area contributed by atoms with Crippen molar-refractivity contribution < 1.29 is 19.0 Å². The first kappa shape index (κ1) is 15.8. The van der Waals surface area contributed by atoms with Gasteiger partial charge >= 0.3 is 0 Å². The third kappa shape index (κ3) is 3.04. The van der Waals surface area contributed by atoms with E-state index in [0.717, 1.165) is 0 Å². The highest BCUT2D eigenvalue weighted by atomic mass is 32.2. The summed E-state index contributed by atoms with van der Waals surface area (Å²) in [5.41, 5.74) is 1.07. The summed E-state index contributed by atoms with van der Waals surface area (Å²) in [6, 6.07) is 9.68. The van der Waals surface area contributed by atoms with Crippen molar-refractivity contribution in [2.75, 3.05) is 18.2 Å². The number of carbonyl (C=O) groups is 1. The third-order valence-corrected chi connectivity index (χ3v) is 4.49. The zero-order chi connectivity index (χ0) is 16.4. The molecule has 0 unspecified atom stereocenters. The highest BCUT2D eigenvalue weighted by Crippen LogP contribution is 2.38. The van der Waals surface area contributed by atoms with Crippen LogP contribution in [0.25, 0.3) is 0 Å². The fraction of sp³-hybridized carbons (Fsp3) is 0.235. The molecule has 23 heavy (non-hydrogen) atoms. The van der Waals surface area contributed by atoms with E-state index in [0.29, 0.717) is 34.9 Å². The number of nitrogens with one attached hydrogen (secondary N) is 1. The minimum Gasteiger partial charge on any atom is -0.491 e. The lowest BCUT2D eigenvalue weighted by Crippen LogP contribution is -2.19. The maximum Gasteiger partial charge on any atom is 0.259 e. The first-order valence-corrected chi connectivity index (χ1v) is 8.42. The van der Waals surface area contributed by atoms with E-state index in [1.54, 1.807) is 36.6 Å². The number of rotatable bonds is 3. The Morgan fingerprint density at radius 1 is 1.35 bits per heavy atom. The van der Waals surface area contributed by atoms with Gasteiger partial charge in [-0.25, -0.2) is 4.39 Å². The molecule has 0 aliphatic carbocycles. The number of para-hydroxylation sites is 1. The van der Waals surface area contributed by atoms with Gasteiger partial charge in [0.1, 0.15) is 11.6 Å². The molecule has 0 saturated carbocycles. The van der Waals surface area contributed by atoms with Crippen LogP contribution in [-0.2, 0) is 0 Å². The summed E-state index contributed by atoms with van der Waals surface area (Å²) in [5, 5.41) is 12.7. The molecule has 2 aromatic carbocycles. The number of hydrogen-bond donors (Lipinski definition) is 2. The summed E-state index contributed by atoms with van der Waals surface area (Å²) >= 11 is 1.31. The maximum atomic E-state index is 14.0. The molecule has 0 radical (unpaired) electrons. The molecule has 6 heteroatoms. The zero-order valence-corrected chi connectivity index (χ0v) is 13.3. The Kier molecular flexibility index (Phi) is 4.54. The molecule has 0 bridgehead atoms. The van der Waals surface area contributed by atoms with Crippen molar-refractivity contribution in [1.82, 2.24) is 0 Å². The van der Waals surface area contributed by atoms with Gasteiger partial charge in [0.25, 0.3) is 5.91 Å². The van der Waals surface area contributed by atoms with Gasteiger partial charge in [-0.3, -0.25) is 4.79 Å². The number of carbonyl (C=O) groups excluding carboxylic acids is 1. The van der Waals surface area contributed by atoms with Gasteiger partial charge in [0.2, 0.25) is 0 Å². The van der Waals surface area contributed by atoms with Crippen molar-refractivity contribution in [2.24, 2.45) is 0 Å². The van der Waals surface area contributed by atoms with E-state index in [1.807, 2.05) is 0 Å². The summed E-state index contributed by atoms with van der Waals surface area (Å²) in [4.78, 5) is 13.1. The van der Waals surface area contributed by atoms with Crippen LogP contribution in [0.5, 0.6) is 5.75 Å². The summed E-state index contributed by atoms with van der Waals surface area (Å²) in [7, 11) is 0. The molecule has 120 valence electrons. The molecule has 4 nitrogen and oxygen atoms in total. The summed E-state index contributed by atoms with van der Waals surface area (Å²) < 4.78 is 19.6. The molecule has 1 heterocycles. The molecular weight excluding hydrogens is 317 g/mol. The Balaban J connectivity index is 1.95. The lowest BCUT2D eigenvalue weighted by molar-refractivity contribution is 0.101. The number of aliphatic hydroxyl groups is 1. The van der Waals surface area contributed by atoms with Gasteiger partial charge in [-0.1, -0.05) is 18.2 Å². The van der Waals surface area contributed by atoms with Gasteiger partial charge in [-0.2, -0.15) is 0 Å². The molecule has 1 aliphatic rings. The molecule has 1 aliphatic heterocycles. The van der Waals surface area contributed by atoms with Crippen LogP contribution < -0.4 is 10.1 Å². The number of fused-ring (bicyclic) bond motifs is 1. The smallest absolute Gasteiger partial charge is 0.259 e. The Morgan fingerprint density at radius 2 is 2.13 bits per heavy atom. The zero-order valence-electron chi connectivity index (χ0n) is 12.5. The second-order valence-corrected chi connectivity index (χ2v) is 6.00. The summed E-state index contributed by atoms with van der Waals surface area (Å²) in [6.45, 7) is 0.372. The maximum absolute atomic E-state index is 14.0. The van der Waals surface area contributed by atoms with Crippen LogP contribution in [0.4, 0.5) is 10.1 Å². The van der Waals surface area contributed by atoms with Crippen molar-refractivity contribution in [1.29, 1.82) is 0 Å². The predicted molar refractivity (Wildman–Crippen MR) is 87.6 cm³/mol. The van der Waals surface area contributed by atoms with Gasteiger partial charge in [0.05, 0.1) is 24.0 Å². The number of ether oxygens (including phenoxy) is 1. The molecule has 3 rings (SSSR count). The molecule has 0 fully saturated rings. The number of aliphatic hydroxyl groups excluding tert-OH is 1. The highest BCUT2D eigenvalue weighted by Gasteiger charge is 2.24. The van der Waals surface area contributed by atoms with Crippen molar-refractivity contribution in [3.63, 3.8) is 0 Å². The van der Waals surface area contributed by atoms with Gasteiger partial charge in [-0.05, 0) is 24.5 Å². The van der Waals surface area contributed by atoms with Gasteiger partial charge in [-0.15, -0.1) is 11.8 Å². The van der Waals surface area contributed by atoms with E-state index in [4.69, 9.17) is 4.74 Å². The molecule has 0 saturated heterocycles. The first-order chi connectivity index (χ1) is 11.1. The van der Waals surface area contributed by atoms with Crippen LogP contribution in [0, 0.1) is 5.82 Å². The topological polar surface area (TPSA) is 58.6 Å². The van der Waals surface area contributed by atoms with Crippen LogP contribution >= 0.6 is 11.8 Å². The van der Waals surface area contributed by atoms with E-state index < -0.39 is 17.8 Å². The van der Waals surface area contributed by atoms with Gasteiger partial charge in [0, 0.05) is 16.9 Å². The second-order valence-electron chi connectivity index (χ2n) is 5.15. The molecule has 0 aromatic heterocycles. The molecule has 1 atom stereocenters. The van der Waals surface area contributed by atoms with Gasteiger partial charge < -0.3 is 15.2 Å². The van der Waals surface area contributed by atoms with Crippen molar-refractivity contribution in [3.05, 3.63) is 53.3 Å². The number of halogens is 1. The Hall–Kier alpha value is -2.05. The molecule has 1 amide bonds. The minimum absolute atomic E-state index is 0.00830. The standard InChI is InChI=1S/C17H16FNO3S/c1-23-14-7-3-5-11(18)15(14)17(21)19-12-6-2-4-10-13(20)8-9-22-16(10)12/h2-7,13,20H,8-9H2,1H3,(H,19,21)/t13-/m1/s1. The van der Waals surface area contributed by atoms with E-state index >= 15 is 0 Å². The average Bonchev–Trinajstić information content (AvgIpc) is 2.55. The monoisotopic (exact) mass is 333 g/mol. The largest absolute Gasteiger partial charge is 0.491 e. The summed E-state index contributed by atoms with van der Waals surface area (Å²) in [5.74, 6) is -0.661. The van der Waals surface area contributed by atoms with Crippen LogP contribution in [-0.4, -0.2) is 23.9 Å². The fourth-order valence-electron chi connectivity index (χ4n) is 2.58. The number of hydrogen-bond acceptors (Lipinski definition) is 4. The lowest BCUT2D eigenvalue weighted by atomic mass is 10.0. The Morgan fingerprint density at radius 3 is 2.91 bits per heavy atom. The normalized spacial score (nSPS) is 16.4.